The Kier molecular flexibility index (Phi) is 6.33. The minimum atomic E-state index is -0.338. The van der Waals surface area contributed by atoms with Gasteiger partial charge in [0.1, 0.15) is 0 Å². The number of aryl methyl sites for hydroxylation is 1. The Bertz CT molecular complexity index is 1030. The van der Waals surface area contributed by atoms with Crippen LogP contribution in [-0.2, 0) is 20.9 Å². The molecule has 0 bridgehead atoms. The number of hydrogen-bond donors (Lipinski definition) is 0. The van der Waals surface area contributed by atoms with Gasteiger partial charge in [-0.25, -0.2) is 0 Å². The van der Waals surface area contributed by atoms with Crippen LogP contribution in [0.1, 0.15) is 18.9 Å². The molecule has 3 rings (SSSR count). The number of benzene rings is 2. The minimum absolute atomic E-state index is 0.232. The van der Waals surface area contributed by atoms with Gasteiger partial charge < -0.3 is 9.30 Å². The van der Waals surface area contributed by atoms with Gasteiger partial charge in [0.15, 0.2) is 4.80 Å². The number of thiazole rings is 1. The van der Waals surface area contributed by atoms with E-state index in [1.165, 1.54) is 17.4 Å². The fourth-order valence-electron chi connectivity index (χ4n) is 2.62. The molecule has 0 radical (unpaired) electrons. The highest BCUT2D eigenvalue weighted by molar-refractivity contribution is 7.16. The molecule has 5 nitrogen and oxygen atoms in total. The maximum Gasteiger partial charge on any atom is 0.307 e. The first-order valence-electron chi connectivity index (χ1n) is 8.73. The lowest BCUT2D eigenvalue weighted by atomic mass is 10.2. The first kappa shape index (κ1) is 18.8. The third-order valence-electron chi connectivity index (χ3n) is 3.86. The van der Waals surface area contributed by atoms with Gasteiger partial charge in [-0.1, -0.05) is 53.8 Å². The lowest BCUT2D eigenvalue weighted by Gasteiger charge is -2.05. The minimum Gasteiger partial charge on any atom is -0.466 e. The summed E-state index contributed by atoms with van der Waals surface area (Å²) in [5.41, 5.74) is 1.89. The van der Waals surface area contributed by atoms with Crippen LogP contribution < -0.4 is 4.80 Å². The van der Waals surface area contributed by atoms with Crippen LogP contribution in [-0.4, -0.2) is 23.1 Å². The van der Waals surface area contributed by atoms with Gasteiger partial charge in [0.25, 0.3) is 5.91 Å². The number of esters is 1. The summed E-state index contributed by atoms with van der Waals surface area (Å²) in [5.74, 6) is -0.600. The van der Waals surface area contributed by atoms with Crippen LogP contribution in [0.4, 0.5) is 0 Å². The summed E-state index contributed by atoms with van der Waals surface area (Å²) >= 11 is 1.43. The molecule has 0 fully saturated rings. The Morgan fingerprint density at radius 2 is 1.85 bits per heavy atom. The number of carbonyl (C=O) groups excluding carboxylic acids is 2. The number of hydrogen-bond acceptors (Lipinski definition) is 4. The molecule has 1 heterocycles. The maximum absolute atomic E-state index is 12.3. The Morgan fingerprint density at radius 3 is 2.63 bits per heavy atom. The molecule has 6 heteroatoms. The summed E-state index contributed by atoms with van der Waals surface area (Å²) in [6.45, 7) is 2.55. The van der Waals surface area contributed by atoms with E-state index in [4.69, 9.17) is 4.74 Å². The average molecular weight is 380 g/mol. The highest BCUT2D eigenvalue weighted by Crippen LogP contribution is 2.17. The van der Waals surface area contributed by atoms with E-state index >= 15 is 0 Å². The highest BCUT2D eigenvalue weighted by atomic mass is 32.1. The quantitative estimate of drug-likeness (QED) is 0.483. The molecule has 0 spiro atoms. The second-order valence-corrected chi connectivity index (χ2v) is 6.76. The van der Waals surface area contributed by atoms with Gasteiger partial charge in [-0.3, -0.25) is 9.59 Å². The summed E-state index contributed by atoms with van der Waals surface area (Å²) in [6.07, 6.45) is 3.42. The van der Waals surface area contributed by atoms with Crippen molar-refractivity contribution < 1.29 is 14.3 Å². The zero-order valence-corrected chi connectivity index (χ0v) is 15.8. The number of carbonyl (C=O) groups is 2. The number of amides is 1. The van der Waals surface area contributed by atoms with Gasteiger partial charge in [0.05, 0.1) is 23.2 Å². The number of aromatic nitrogens is 1. The summed E-state index contributed by atoms with van der Waals surface area (Å²) in [5, 5.41) is 0. The first-order valence-corrected chi connectivity index (χ1v) is 9.55. The molecule has 1 amide bonds. The fourth-order valence-corrected chi connectivity index (χ4v) is 3.68. The monoisotopic (exact) mass is 380 g/mol. The number of nitrogens with zero attached hydrogens (tertiary/aromatic N) is 2. The van der Waals surface area contributed by atoms with Crippen LogP contribution in [0.5, 0.6) is 0 Å². The van der Waals surface area contributed by atoms with E-state index < -0.39 is 0 Å². The van der Waals surface area contributed by atoms with Gasteiger partial charge in [-0.15, -0.1) is 0 Å². The molecule has 138 valence electrons. The van der Waals surface area contributed by atoms with Crippen LogP contribution >= 0.6 is 11.3 Å². The van der Waals surface area contributed by atoms with Crippen LogP contribution in [0.25, 0.3) is 16.3 Å². The topological polar surface area (TPSA) is 60.7 Å². The molecule has 1 aromatic heterocycles. The maximum atomic E-state index is 12.3. The van der Waals surface area contributed by atoms with Crippen molar-refractivity contribution in [1.29, 1.82) is 0 Å². The van der Waals surface area contributed by atoms with Crippen molar-refractivity contribution >= 4 is 39.5 Å². The molecule has 2 aromatic carbocycles. The summed E-state index contributed by atoms with van der Waals surface area (Å²) in [6, 6.07) is 17.4. The van der Waals surface area contributed by atoms with Crippen molar-refractivity contribution in [2.75, 3.05) is 6.61 Å². The second-order valence-electron chi connectivity index (χ2n) is 5.75. The van der Waals surface area contributed by atoms with E-state index in [1.807, 2.05) is 59.2 Å². The van der Waals surface area contributed by atoms with E-state index in [-0.39, 0.29) is 18.3 Å². The molecule has 0 aliphatic rings. The van der Waals surface area contributed by atoms with E-state index in [1.54, 1.807) is 13.0 Å². The smallest absolute Gasteiger partial charge is 0.307 e. The van der Waals surface area contributed by atoms with E-state index in [0.29, 0.717) is 18.0 Å². The van der Waals surface area contributed by atoms with Gasteiger partial charge in [-0.05, 0) is 30.7 Å². The molecule has 3 aromatic rings. The fraction of sp³-hybridized carbons (Fsp3) is 0.190. The summed E-state index contributed by atoms with van der Waals surface area (Å²) in [7, 11) is 0. The molecule has 0 unspecified atom stereocenters. The van der Waals surface area contributed by atoms with Crippen LogP contribution in [0.15, 0.2) is 65.7 Å². The third kappa shape index (κ3) is 5.01. The molecular weight excluding hydrogens is 360 g/mol. The van der Waals surface area contributed by atoms with Crippen molar-refractivity contribution in [3.63, 3.8) is 0 Å². The van der Waals surface area contributed by atoms with Gasteiger partial charge in [-0.2, -0.15) is 4.99 Å². The van der Waals surface area contributed by atoms with Crippen LogP contribution in [0.3, 0.4) is 0 Å². The molecular formula is C21H20N2O3S. The Balaban J connectivity index is 1.89. The summed E-state index contributed by atoms with van der Waals surface area (Å²) < 4.78 is 7.91. The Hall–Kier alpha value is -2.99. The molecule has 0 N–H and O–H groups in total. The molecule has 0 aliphatic heterocycles. The van der Waals surface area contributed by atoms with Gasteiger partial charge >= 0.3 is 5.97 Å². The zero-order valence-electron chi connectivity index (χ0n) is 15.0. The Labute approximate surface area is 161 Å². The van der Waals surface area contributed by atoms with Crippen molar-refractivity contribution in [3.05, 3.63) is 71.0 Å². The van der Waals surface area contributed by atoms with Gasteiger partial charge in [0.2, 0.25) is 0 Å². The van der Waals surface area contributed by atoms with Crippen molar-refractivity contribution in [2.24, 2.45) is 4.99 Å². The molecule has 0 aliphatic carbocycles. The van der Waals surface area contributed by atoms with Crippen LogP contribution in [0, 0.1) is 0 Å². The van der Waals surface area contributed by atoms with Gasteiger partial charge in [0, 0.05) is 12.6 Å². The standard InChI is InChI=1S/C21H20N2O3S/c1-2-26-20(25)14-15-23-17-10-6-7-11-18(17)27-21(23)22-19(24)13-12-16-8-4-3-5-9-16/h3-13H,2,14-15H2,1H3/b13-12+,22-21?. The van der Waals surface area contributed by atoms with Crippen molar-refractivity contribution in [1.82, 2.24) is 4.57 Å². The number of fused-ring (bicyclic) bond motifs is 1. The predicted molar refractivity (Wildman–Crippen MR) is 107 cm³/mol. The zero-order chi connectivity index (χ0) is 19.1. The lowest BCUT2D eigenvalue weighted by Crippen LogP contribution is -2.19. The predicted octanol–water partition coefficient (Wildman–Crippen LogP) is 3.80. The normalized spacial score (nSPS) is 12.0. The number of ether oxygens (including phenoxy) is 1. The largest absolute Gasteiger partial charge is 0.466 e. The number of para-hydroxylation sites is 1. The second kappa shape index (κ2) is 9.09. The molecule has 27 heavy (non-hydrogen) atoms. The van der Waals surface area contributed by atoms with Crippen molar-refractivity contribution in [2.45, 2.75) is 19.9 Å². The van der Waals surface area contributed by atoms with Crippen LogP contribution in [0.2, 0.25) is 0 Å². The van der Waals surface area contributed by atoms with E-state index in [9.17, 15) is 9.59 Å². The lowest BCUT2D eigenvalue weighted by molar-refractivity contribution is -0.143. The van der Waals surface area contributed by atoms with Crippen molar-refractivity contribution in [3.8, 4) is 0 Å². The molecule has 0 saturated heterocycles. The molecule has 0 atom stereocenters. The van der Waals surface area contributed by atoms with E-state index in [2.05, 4.69) is 4.99 Å². The highest BCUT2D eigenvalue weighted by Gasteiger charge is 2.09. The third-order valence-corrected chi connectivity index (χ3v) is 4.92. The molecule has 0 saturated carbocycles. The average Bonchev–Trinajstić information content (AvgIpc) is 3.03. The van der Waals surface area contributed by atoms with E-state index in [0.717, 1.165) is 15.8 Å². The summed E-state index contributed by atoms with van der Waals surface area (Å²) in [4.78, 5) is 28.8. The Morgan fingerprint density at radius 1 is 1.11 bits per heavy atom. The number of rotatable bonds is 6. The first-order chi connectivity index (χ1) is 13.2. The SMILES string of the molecule is CCOC(=O)CCn1c(=NC(=O)/C=C/c2ccccc2)sc2ccccc21.